The van der Waals surface area contributed by atoms with Crippen LogP contribution >= 0.6 is 0 Å². The van der Waals surface area contributed by atoms with E-state index in [0.29, 0.717) is 12.0 Å². The summed E-state index contributed by atoms with van der Waals surface area (Å²) in [6.45, 7) is 0. The van der Waals surface area contributed by atoms with Crippen LogP contribution in [0.5, 0.6) is 0 Å². The summed E-state index contributed by atoms with van der Waals surface area (Å²) in [6, 6.07) is 9.35. The SMILES string of the molecule is NC(CC1CC2CCC1C2)C1Cc2ccccc2C1. The van der Waals surface area contributed by atoms with E-state index < -0.39 is 0 Å². The highest BCUT2D eigenvalue weighted by atomic mass is 14.7. The van der Waals surface area contributed by atoms with Crippen molar-refractivity contribution in [1.29, 1.82) is 0 Å². The molecule has 0 radical (unpaired) electrons. The summed E-state index contributed by atoms with van der Waals surface area (Å²) in [6.07, 6.45) is 9.73. The van der Waals surface area contributed by atoms with Gasteiger partial charge in [-0.15, -0.1) is 0 Å². The van der Waals surface area contributed by atoms with E-state index in [-0.39, 0.29) is 0 Å². The molecule has 19 heavy (non-hydrogen) atoms. The van der Waals surface area contributed by atoms with Crippen molar-refractivity contribution in [3.8, 4) is 0 Å². The van der Waals surface area contributed by atoms with E-state index in [4.69, 9.17) is 5.73 Å². The highest BCUT2D eigenvalue weighted by Gasteiger charge is 2.40. The van der Waals surface area contributed by atoms with Crippen LogP contribution in [0, 0.1) is 23.7 Å². The lowest BCUT2D eigenvalue weighted by atomic mass is 9.81. The van der Waals surface area contributed by atoms with Gasteiger partial charge >= 0.3 is 0 Å². The summed E-state index contributed by atoms with van der Waals surface area (Å²) >= 11 is 0. The van der Waals surface area contributed by atoms with Gasteiger partial charge in [0.1, 0.15) is 0 Å². The predicted octanol–water partition coefficient (Wildman–Crippen LogP) is 3.56. The Kier molecular flexibility index (Phi) is 2.91. The smallest absolute Gasteiger partial charge is 0.00762 e. The molecule has 2 N–H and O–H groups in total. The molecule has 1 nitrogen and oxygen atoms in total. The number of benzene rings is 1. The first-order chi connectivity index (χ1) is 9.29. The van der Waals surface area contributed by atoms with Gasteiger partial charge in [-0.25, -0.2) is 0 Å². The fourth-order valence-corrected chi connectivity index (χ4v) is 5.10. The van der Waals surface area contributed by atoms with E-state index >= 15 is 0 Å². The van der Waals surface area contributed by atoms with E-state index in [0.717, 1.165) is 17.8 Å². The molecule has 0 amide bonds. The summed E-state index contributed by atoms with van der Waals surface area (Å²) < 4.78 is 0. The summed E-state index contributed by atoms with van der Waals surface area (Å²) in [5, 5.41) is 0. The topological polar surface area (TPSA) is 26.0 Å². The molecule has 0 heterocycles. The standard InChI is InChI=1S/C18H25N/c19-18(11-16-8-12-5-6-15(16)7-12)17-9-13-3-1-2-4-14(13)10-17/h1-4,12,15-18H,5-11,19H2. The molecule has 2 saturated carbocycles. The minimum absolute atomic E-state index is 0.428. The summed E-state index contributed by atoms with van der Waals surface area (Å²) in [5.41, 5.74) is 9.67. The number of rotatable bonds is 3. The van der Waals surface area contributed by atoms with Crippen LogP contribution in [0.3, 0.4) is 0 Å². The Morgan fingerprint density at radius 3 is 2.37 bits per heavy atom. The lowest BCUT2D eigenvalue weighted by Crippen LogP contribution is -2.34. The molecular weight excluding hydrogens is 230 g/mol. The third kappa shape index (κ3) is 2.12. The summed E-state index contributed by atoms with van der Waals surface area (Å²) in [4.78, 5) is 0. The van der Waals surface area contributed by atoms with Crippen LogP contribution in [0.25, 0.3) is 0 Å². The van der Waals surface area contributed by atoms with Gasteiger partial charge in [0, 0.05) is 6.04 Å². The van der Waals surface area contributed by atoms with E-state index in [9.17, 15) is 0 Å². The van der Waals surface area contributed by atoms with Crippen molar-refractivity contribution in [2.24, 2.45) is 29.4 Å². The number of hydrogen-bond acceptors (Lipinski definition) is 1. The van der Waals surface area contributed by atoms with E-state index in [1.54, 1.807) is 11.1 Å². The molecule has 0 spiro atoms. The Labute approximate surface area is 116 Å². The molecular formula is C18H25N. The van der Waals surface area contributed by atoms with Gasteiger partial charge in [-0.05, 0) is 73.3 Å². The Morgan fingerprint density at radius 1 is 1.05 bits per heavy atom. The zero-order valence-electron chi connectivity index (χ0n) is 11.7. The van der Waals surface area contributed by atoms with E-state index in [1.165, 1.54) is 44.9 Å². The van der Waals surface area contributed by atoms with E-state index in [1.807, 2.05) is 0 Å². The van der Waals surface area contributed by atoms with Gasteiger partial charge in [0.15, 0.2) is 0 Å². The predicted molar refractivity (Wildman–Crippen MR) is 78.9 cm³/mol. The molecule has 0 saturated heterocycles. The van der Waals surface area contributed by atoms with Gasteiger partial charge in [-0.3, -0.25) is 0 Å². The number of hydrogen-bond donors (Lipinski definition) is 1. The Morgan fingerprint density at radius 2 is 1.79 bits per heavy atom. The Balaban J connectivity index is 1.39. The van der Waals surface area contributed by atoms with Gasteiger partial charge in [0.25, 0.3) is 0 Å². The number of nitrogens with two attached hydrogens (primary N) is 1. The molecule has 3 aliphatic rings. The van der Waals surface area contributed by atoms with Crippen LogP contribution < -0.4 is 5.73 Å². The maximum atomic E-state index is 6.57. The van der Waals surface area contributed by atoms with Crippen molar-refractivity contribution >= 4 is 0 Å². The third-order valence-electron chi connectivity index (χ3n) is 6.15. The maximum absolute atomic E-state index is 6.57. The minimum Gasteiger partial charge on any atom is -0.327 e. The van der Waals surface area contributed by atoms with Crippen LogP contribution in [0.1, 0.15) is 43.2 Å². The van der Waals surface area contributed by atoms with Crippen LogP contribution in [0.2, 0.25) is 0 Å². The molecule has 0 aromatic heterocycles. The van der Waals surface area contributed by atoms with Crippen LogP contribution in [-0.2, 0) is 12.8 Å². The molecule has 1 heteroatoms. The molecule has 1 aromatic rings. The molecule has 102 valence electrons. The summed E-state index contributed by atoms with van der Waals surface area (Å²) in [7, 11) is 0. The van der Waals surface area contributed by atoms with Gasteiger partial charge in [-0.2, -0.15) is 0 Å². The Hall–Kier alpha value is -0.820. The zero-order chi connectivity index (χ0) is 12.8. The molecule has 2 bridgehead atoms. The second kappa shape index (κ2) is 4.63. The number of fused-ring (bicyclic) bond motifs is 3. The molecule has 4 unspecified atom stereocenters. The van der Waals surface area contributed by atoms with Crippen molar-refractivity contribution in [3.05, 3.63) is 35.4 Å². The highest BCUT2D eigenvalue weighted by Crippen LogP contribution is 2.50. The first kappa shape index (κ1) is 12.0. The third-order valence-corrected chi connectivity index (χ3v) is 6.15. The average molecular weight is 255 g/mol. The van der Waals surface area contributed by atoms with Gasteiger partial charge in [0.2, 0.25) is 0 Å². The monoisotopic (exact) mass is 255 g/mol. The van der Waals surface area contributed by atoms with Crippen molar-refractivity contribution in [2.45, 2.75) is 51.0 Å². The van der Waals surface area contributed by atoms with Crippen LogP contribution in [0.15, 0.2) is 24.3 Å². The first-order valence-corrected chi connectivity index (χ1v) is 8.12. The first-order valence-electron chi connectivity index (χ1n) is 8.12. The molecule has 3 aliphatic carbocycles. The summed E-state index contributed by atoms with van der Waals surface area (Å²) in [5.74, 6) is 3.75. The van der Waals surface area contributed by atoms with Crippen LogP contribution in [-0.4, -0.2) is 6.04 Å². The lowest BCUT2D eigenvalue weighted by molar-refractivity contribution is 0.265. The molecule has 0 aliphatic heterocycles. The van der Waals surface area contributed by atoms with Crippen LogP contribution in [0.4, 0.5) is 0 Å². The Bertz CT molecular complexity index is 442. The second-order valence-electron chi connectivity index (χ2n) is 7.27. The molecule has 4 atom stereocenters. The largest absolute Gasteiger partial charge is 0.327 e. The highest BCUT2D eigenvalue weighted by molar-refractivity contribution is 5.32. The lowest BCUT2D eigenvalue weighted by Gasteiger charge is -2.27. The van der Waals surface area contributed by atoms with Crippen molar-refractivity contribution < 1.29 is 0 Å². The maximum Gasteiger partial charge on any atom is 0.00762 e. The van der Waals surface area contributed by atoms with Crippen molar-refractivity contribution in [2.75, 3.05) is 0 Å². The van der Waals surface area contributed by atoms with Gasteiger partial charge < -0.3 is 5.73 Å². The van der Waals surface area contributed by atoms with Gasteiger partial charge in [-0.1, -0.05) is 30.7 Å². The average Bonchev–Trinajstić information content (AvgIpc) is 3.12. The second-order valence-corrected chi connectivity index (χ2v) is 7.27. The van der Waals surface area contributed by atoms with Crippen molar-refractivity contribution in [3.63, 3.8) is 0 Å². The molecule has 1 aromatic carbocycles. The minimum atomic E-state index is 0.428. The van der Waals surface area contributed by atoms with Crippen molar-refractivity contribution in [1.82, 2.24) is 0 Å². The molecule has 2 fully saturated rings. The quantitative estimate of drug-likeness (QED) is 0.878. The fourth-order valence-electron chi connectivity index (χ4n) is 5.10. The van der Waals surface area contributed by atoms with Gasteiger partial charge in [0.05, 0.1) is 0 Å². The van der Waals surface area contributed by atoms with E-state index in [2.05, 4.69) is 24.3 Å². The fraction of sp³-hybridized carbons (Fsp3) is 0.667. The molecule has 4 rings (SSSR count). The normalized spacial score (nSPS) is 34.7. The zero-order valence-corrected chi connectivity index (χ0v) is 11.7.